The average Bonchev–Trinajstić information content (AvgIpc) is 2.63. The first-order valence-corrected chi connectivity index (χ1v) is 8.54. The Balaban J connectivity index is 1.72. The highest BCUT2D eigenvalue weighted by Crippen LogP contribution is 2.26. The maximum absolute atomic E-state index is 12.8. The molecule has 2 atom stereocenters. The highest BCUT2D eigenvalue weighted by Gasteiger charge is 2.25. The molecular weight excluding hydrogens is 298 g/mol. The van der Waals surface area contributed by atoms with Crippen LogP contribution in [0.4, 0.5) is 0 Å². The number of hydrogen-bond acceptors (Lipinski definition) is 3. The van der Waals surface area contributed by atoms with Gasteiger partial charge in [-0.1, -0.05) is 42.5 Å². The first kappa shape index (κ1) is 15.1. The first-order valence-electron chi connectivity index (χ1n) is 8.54. The molecule has 122 valence electrons. The zero-order valence-electron chi connectivity index (χ0n) is 13.8. The fourth-order valence-corrected chi connectivity index (χ4v) is 3.55. The summed E-state index contributed by atoms with van der Waals surface area (Å²) in [6.45, 7) is 2.91. The van der Waals surface area contributed by atoms with Crippen molar-refractivity contribution in [1.29, 1.82) is 0 Å². The Labute approximate surface area is 141 Å². The van der Waals surface area contributed by atoms with Gasteiger partial charge in [-0.15, -0.1) is 0 Å². The molecule has 2 heterocycles. The summed E-state index contributed by atoms with van der Waals surface area (Å²) in [5.74, 6) is 0.868. The zero-order valence-corrected chi connectivity index (χ0v) is 13.8. The van der Waals surface area contributed by atoms with Gasteiger partial charge in [-0.05, 0) is 37.5 Å². The number of nitrogens with one attached hydrogen (secondary N) is 1. The Morgan fingerprint density at radius 2 is 1.88 bits per heavy atom. The van der Waals surface area contributed by atoms with Crippen LogP contribution in [0.5, 0.6) is 0 Å². The van der Waals surface area contributed by atoms with E-state index in [-0.39, 0.29) is 17.6 Å². The third-order valence-electron chi connectivity index (χ3n) is 4.83. The van der Waals surface area contributed by atoms with Crippen LogP contribution in [0.2, 0.25) is 0 Å². The molecule has 0 radical (unpaired) electrons. The topological polar surface area (TPSA) is 46.9 Å². The molecule has 1 aliphatic rings. The van der Waals surface area contributed by atoms with E-state index in [0.717, 1.165) is 30.7 Å². The summed E-state index contributed by atoms with van der Waals surface area (Å²) in [4.78, 5) is 17.6. The van der Waals surface area contributed by atoms with Crippen molar-refractivity contribution in [2.24, 2.45) is 0 Å². The standard InChI is InChI=1S/C20H21N3O/c1-14(15-8-3-2-4-9-15)21-18-12-7-13-23-19(18)22-17-11-6-5-10-16(17)20(23)24/h2-6,8-11,14,18,21H,7,12-13H2,1H3/t14-,18+/m1/s1. The lowest BCUT2D eigenvalue weighted by Crippen LogP contribution is -2.36. The van der Waals surface area contributed by atoms with Gasteiger partial charge in [0.2, 0.25) is 0 Å². The fourth-order valence-electron chi connectivity index (χ4n) is 3.55. The van der Waals surface area contributed by atoms with Crippen molar-refractivity contribution in [1.82, 2.24) is 14.9 Å². The van der Waals surface area contributed by atoms with E-state index >= 15 is 0 Å². The quantitative estimate of drug-likeness (QED) is 0.802. The van der Waals surface area contributed by atoms with Crippen molar-refractivity contribution in [3.63, 3.8) is 0 Å². The summed E-state index contributed by atoms with van der Waals surface area (Å²) < 4.78 is 1.85. The summed E-state index contributed by atoms with van der Waals surface area (Å²) in [5, 5.41) is 4.37. The van der Waals surface area contributed by atoms with Crippen LogP contribution in [0.15, 0.2) is 59.4 Å². The molecule has 4 nitrogen and oxygen atoms in total. The lowest BCUT2D eigenvalue weighted by atomic mass is 10.0. The molecule has 0 fully saturated rings. The molecule has 0 saturated heterocycles. The SMILES string of the molecule is C[C@@H](N[C@H]1CCCn2c1nc1ccccc1c2=O)c1ccccc1. The van der Waals surface area contributed by atoms with Gasteiger partial charge >= 0.3 is 0 Å². The molecule has 1 N–H and O–H groups in total. The van der Waals surface area contributed by atoms with E-state index in [2.05, 4.69) is 36.5 Å². The molecular formula is C20H21N3O. The van der Waals surface area contributed by atoms with E-state index in [1.165, 1.54) is 5.56 Å². The molecule has 0 bridgehead atoms. The Morgan fingerprint density at radius 1 is 1.12 bits per heavy atom. The van der Waals surface area contributed by atoms with E-state index in [1.807, 2.05) is 34.9 Å². The van der Waals surface area contributed by atoms with Gasteiger partial charge < -0.3 is 5.32 Å². The van der Waals surface area contributed by atoms with Gasteiger partial charge in [0.1, 0.15) is 5.82 Å². The van der Waals surface area contributed by atoms with Gasteiger partial charge in [0.05, 0.1) is 16.9 Å². The molecule has 1 aliphatic heterocycles. The number of benzene rings is 2. The number of rotatable bonds is 3. The molecule has 0 aliphatic carbocycles. The molecule has 4 heteroatoms. The summed E-state index contributed by atoms with van der Waals surface area (Å²) in [5.41, 5.74) is 2.11. The molecule has 2 aromatic carbocycles. The van der Waals surface area contributed by atoms with Crippen molar-refractivity contribution < 1.29 is 0 Å². The average molecular weight is 319 g/mol. The summed E-state index contributed by atoms with van der Waals surface area (Å²) in [6.07, 6.45) is 1.99. The number of nitrogens with zero attached hydrogens (tertiary/aromatic N) is 2. The summed E-state index contributed by atoms with van der Waals surface area (Å²) in [7, 11) is 0. The van der Waals surface area contributed by atoms with Gasteiger partial charge in [0, 0.05) is 12.6 Å². The summed E-state index contributed by atoms with van der Waals surface area (Å²) >= 11 is 0. The maximum Gasteiger partial charge on any atom is 0.261 e. The Bertz CT molecular complexity index is 917. The van der Waals surface area contributed by atoms with Gasteiger partial charge in [-0.25, -0.2) is 4.98 Å². The van der Waals surface area contributed by atoms with Gasteiger partial charge in [0.15, 0.2) is 0 Å². The molecule has 1 aromatic heterocycles. The molecule has 4 rings (SSSR count). The van der Waals surface area contributed by atoms with Crippen LogP contribution in [0, 0.1) is 0 Å². The zero-order chi connectivity index (χ0) is 16.5. The highest BCUT2D eigenvalue weighted by molar-refractivity contribution is 5.77. The predicted octanol–water partition coefficient (Wildman–Crippen LogP) is 3.58. The number of hydrogen-bond donors (Lipinski definition) is 1. The Hall–Kier alpha value is -2.46. The van der Waals surface area contributed by atoms with Crippen LogP contribution < -0.4 is 10.9 Å². The smallest absolute Gasteiger partial charge is 0.261 e. The second-order valence-electron chi connectivity index (χ2n) is 6.44. The van der Waals surface area contributed by atoms with Gasteiger partial charge in [0.25, 0.3) is 5.56 Å². The number of aromatic nitrogens is 2. The summed E-state index contributed by atoms with van der Waals surface area (Å²) in [6, 6.07) is 18.3. The lowest BCUT2D eigenvalue weighted by molar-refractivity contribution is 0.349. The molecule has 0 unspecified atom stereocenters. The van der Waals surface area contributed by atoms with Crippen LogP contribution in [0.3, 0.4) is 0 Å². The van der Waals surface area contributed by atoms with Gasteiger partial charge in [-0.3, -0.25) is 9.36 Å². The molecule has 0 amide bonds. The van der Waals surface area contributed by atoms with E-state index in [4.69, 9.17) is 4.98 Å². The molecule has 24 heavy (non-hydrogen) atoms. The predicted molar refractivity (Wildman–Crippen MR) is 96.0 cm³/mol. The highest BCUT2D eigenvalue weighted by atomic mass is 16.1. The van der Waals surface area contributed by atoms with Crippen molar-refractivity contribution in [2.45, 2.75) is 38.4 Å². The first-order chi connectivity index (χ1) is 11.7. The van der Waals surface area contributed by atoms with E-state index < -0.39 is 0 Å². The minimum absolute atomic E-state index is 0.0782. The Kier molecular flexibility index (Phi) is 3.90. The maximum atomic E-state index is 12.8. The monoisotopic (exact) mass is 319 g/mol. The second kappa shape index (κ2) is 6.21. The van der Waals surface area contributed by atoms with Crippen LogP contribution in [0.1, 0.15) is 43.2 Å². The van der Waals surface area contributed by atoms with Crippen LogP contribution >= 0.6 is 0 Å². The Morgan fingerprint density at radius 3 is 2.71 bits per heavy atom. The fraction of sp³-hybridized carbons (Fsp3) is 0.300. The van der Waals surface area contributed by atoms with Gasteiger partial charge in [-0.2, -0.15) is 0 Å². The lowest BCUT2D eigenvalue weighted by Gasteiger charge is -2.29. The number of para-hydroxylation sites is 1. The molecule has 0 saturated carbocycles. The third-order valence-corrected chi connectivity index (χ3v) is 4.83. The van der Waals surface area contributed by atoms with Crippen LogP contribution in [-0.4, -0.2) is 9.55 Å². The van der Waals surface area contributed by atoms with Crippen molar-refractivity contribution in [3.05, 3.63) is 76.3 Å². The van der Waals surface area contributed by atoms with Crippen molar-refractivity contribution in [2.75, 3.05) is 0 Å². The van der Waals surface area contributed by atoms with Crippen LogP contribution in [0.25, 0.3) is 10.9 Å². The molecule has 3 aromatic rings. The minimum atomic E-state index is 0.0782. The van der Waals surface area contributed by atoms with Crippen LogP contribution in [-0.2, 0) is 6.54 Å². The van der Waals surface area contributed by atoms with E-state index in [0.29, 0.717) is 5.39 Å². The minimum Gasteiger partial charge on any atom is -0.301 e. The molecule has 0 spiro atoms. The normalized spacial score (nSPS) is 18.3. The van der Waals surface area contributed by atoms with Crippen molar-refractivity contribution >= 4 is 10.9 Å². The second-order valence-corrected chi connectivity index (χ2v) is 6.44. The third kappa shape index (κ3) is 2.63. The van der Waals surface area contributed by atoms with E-state index in [1.54, 1.807) is 0 Å². The largest absolute Gasteiger partial charge is 0.301 e. The number of fused-ring (bicyclic) bond motifs is 2. The van der Waals surface area contributed by atoms with E-state index in [9.17, 15) is 4.79 Å². The van der Waals surface area contributed by atoms with Crippen molar-refractivity contribution in [3.8, 4) is 0 Å².